The van der Waals surface area contributed by atoms with Gasteiger partial charge in [0.25, 0.3) is 0 Å². The zero-order chi connectivity index (χ0) is 12.6. The van der Waals surface area contributed by atoms with Crippen molar-refractivity contribution >= 4 is 10.0 Å². The van der Waals surface area contributed by atoms with Crippen LogP contribution < -0.4 is 4.72 Å². The molecule has 0 amide bonds. The molecule has 16 heavy (non-hydrogen) atoms. The Morgan fingerprint density at radius 3 is 2.56 bits per heavy atom. The molecule has 0 saturated heterocycles. The predicted molar refractivity (Wildman–Crippen MR) is 59.1 cm³/mol. The molecule has 0 aliphatic rings. The monoisotopic (exact) mass is 250 g/mol. The van der Waals surface area contributed by atoms with Crippen LogP contribution in [0.2, 0.25) is 0 Å². The number of methoxy groups -OCH3 is 1. The van der Waals surface area contributed by atoms with Crippen molar-refractivity contribution in [2.45, 2.75) is 31.1 Å². The smallest absolute Gasteiger partial charge is 0.228 e. The van der Waals surface area contributed by atoms with Crippen LogP contribution in [0.3, 0.4) is 0 Å². The molecule has 0 bridgehead atoms. The molecule has 2 atom stereocenters. The van der Waals surface area contributed by atoms with Gasteiger partial charge in [-0.2, -0.15) is 5.26 Å². The van der Waals surface area contributed by atoms with Crippen molar-refractivity contribution in [3.8, 4) is 6.07 Å². The number of aliphatic hydroxyl groups is 1. The van der Waals surface area contributed by atoms with E-state index in [4.69, 9.17) is 15.1 Å². The Hall–Kier alpha value is -0.680. The van der Waals surface area contributed by atoms with Gasteiger partial charge in [0.2, 0.25) is 10.0 Å². The number of nitrogens with one attached hydrogen (secondary N) is 1. The van der Waals surface area contributed by atoms with Crippen LogP contribution in [-0.2, 0) is 14.8 Å². The Kier molecular flexibility index (Phi) is 7.25. The first-order chi connectivity index (χ1) is 7.51. The average molecular weight is 250 g/mol. The van der Waals surface area contributed by atoms with E-state index in [1.54, 1.807) is 13.0 Å². The summed E-state index contributed by atoms with van der Waals surface area (Å²) in [5, 5.41) is 16.4. The number of rotatable bonds is 8. The highest BCUT2D eigenvalue weighted by Crippen LogP contribution is 2.05. The molecule has 0 fully saturated rings. The third-order valence-corrected chi connectivity index (χ3v) is 3.92. The lowest BCUT2D eigenvalue weighted by atomic mass is 10.2. The fraction of sp³-hybridized carbons (Fsp3) is 0.889. The average Bonchev–Trinajstić information content (AvgIpc) is 2.19. The molecule has 0 heterocycles. The molecule has 0 radical (unpaired) electrons. The van der Waals surface area contributed by atoms with E-state index in [1.807, 2.05) is 0 Å². The first-order valence-corrected chi connectivity index (χ1v) is 6.57. The van der Waals surface area contributed by atoms with Gasteiger partial charge >= 0.3 is 0 Å². The van der Waals surface area contributed by atoms with Crippen LogP contribution in [0, 0.1) is 11.3 Å². The maximum Gasteiger partial charge on any atom is 0.228 e. The first kappa shape index (κ1) is 15.3. The van der Waals surface area contributed by atoms with Crippen LogP contribution in [0.4, 0.5) is 0 Å². The number of ether oxygens (including phenoxy) is 1. The molecule has 2 unspecified atom stereocenters. The lowest BCUT2D eigenvalue weighted by Gasteiger charge is -2.18. The molecule has 0 aromatic rings. The van der Waals surface area contributed by atoms with Crippen LogP contribution in [-0.4, -0.2) is 45.1 Å². The largest absolute Gasteiger partial charge is 0.396 e. The van der Waals surface area contributed by atoms with Gasteiger partial charge in [-0.15, -0.1) is 0 Å². The van der Waals surface area contributed by atoms with Crippen LogP contribution in [0.15, 0.2) is 0 Å². The Morgan fingerprint density at radius 2 is 2.19 bits per heavy atom. The number of nitriles is 1. The Morgan fingerprint density at radius 1 is 1.56 bits per heavy atom. The van der Waals surface area contributed by atoms with E-state index in [0.29, 0.717) is 0 Å². The van der Waals surface area contributed by atoms with Gasteiger partial charge < -0.3 is 9.84 Å². The molecule has 94 valence electrons. The molecular weight excluding hydrogens is 232 g/mol. The fourth-order valence-corrected chi connectivity index (χ4v) is 2.62. The minimum absolute atomic E-state index is 0.139. The highest BCUT2D eigenvalue weighted by molar-refractivity contribution is 7.90. The number of hydrogen-bond acceptors (Lipinski definition) is 5. The summed E-state index contributed by atoms with van der Waals surface area (Å²) in [4.78, 5) is 0. The Balaban J connectivity index is 4.59. The first-order valence-electron chi connectivity index (χ1n) is 5.02. The van der Waals surface area contributed by atoms with Crippen molar-refractivity contribution in [1.82, 2.24) is 4.72 Å². The third kappa shape index (κ3) is 4.90. The van der Waals surface area contributed by atoms with E-state index in [0.717, 1.165) is 0 Å². The van der Waals surface area contributed by atoms with Crippen LogP contribution in [0.1, 0.15) is 19.8 Å². The van der Waals surface area contributed by atoms with E-state index in [9.17, 15) is 8.42 Å². The molecule has 0 aliphatic heterocycles. The van der Waals surface area contributed by atoms with E-state index in [2.05, 4.69) is 4.72 Å². The van der Waals surface area contributed by atoms with Crippen molar-refractivity contribution < 1.29 is 18.3 Å². The highest BCUT2D eigenvalue weighted by Gasteiger charge is 2.26. The second kappa shape index (κ2) is 7.57. The SMILES string of the molecule is CCC(C#N)S(=O)(=O)NC(CCO)COC. The van der Waals surface area contributed by atoms with Crippen molar-refractivity contribution in [3.05, 3.63) is 0 Å². The molecule has 2 N–H and O–H groups in total. The van der Waals surface area contributed by atoms with Crippen molar-refractivity contribution in [2.75, 3.05) is 20.3 Å². The summed E-state index contributed by atoms with van der Waals surface area (Å²) in [5.74, 6) is 0. The maximum atomic E-state index is 11.7. The van der Waals surface area contributed by atoms with E-state index in [1.165, 1.54) is 7.11 Å². The Bertz CT molecular complexity index is 317. The number of hydrogen-bond donors (Lipinski definition) is 2. The van der Waals surface area contributed by atoms with E-state index in [-0.39, 0.29) is 26.1 Å². The van der Waals surface area contributed by atoms with Gasteiger partial charge in [0.05, 0.1) is 12.7 Å². The molecule has 0 saturated carbocycles. The summed E-state index contributed by atoms with van der Waals surface area (Å²) in [5.41, 5.74) is 0. The summed E-state index contributed by atoms with van der Waals surface area (Å²) < 4.78 is 30.6. The minimum atomic E-state index is -3.67. The van der Waals surface area contributed by atoms with Crippen molar-refractivity contribution in [1.29, 1.82) is 5.26 Å². The molecule has 7 heteroatoms. The van der Waals surface area contributed by atoms with E-state index < -0.39 is 21.3 Å². The molecule has 0 aliphatic carbocycles. The van der Waals surface area contributed by atoms with Gasteiger partial charge in [0.1, 0.15) is 0 Å². The molecule has 6 nitrogen and oxygen atoms in total. The lowest BCUT2D eigenvalue weighted by molar-refractivity contribution is 0.158. The lowest BCUT2D eigenvalue weighted by Crippen LogP contribution is -2.43. The molecule has 0 aromatic heterocycles. The number of nitrogens with zero attached hydrogens (tertiary/aromatic N) is 1. The maximum absolute atomic E-state index is 11.7. The zero-order valence-corrected chi connectivity index (χ0v) is 10.3. The van der Waals surface area contributed by atoms with E-state index >= 15 is 0 Å². The van der Waals surface area contributed by atoms with Gasteiger partial charge in [0, 0.05) is 19.8 Å². The van der Waals surface area contributed by atoms with Gasteiger partial charge in [-0.05, 0) is 12.8 Å². The van der Waals surface area contributed by atoms with Gasteiger partial charge in [-0.3, -0.25) is 0 Å². The summed E-state index contributed by atoms with van der Waals surface area (Å²) >= 11 is 0. The summed E-state index contributed by atoms with van der Waals surface area (Å²) in [6.07, 6.45) is 0.486. The summed E-state index contributed by atoms with van der Waals surface area (Å²) in [6, 6.07) is 1.23. The van der Waals surface area contributed by atoms with Gasteiger partial charge in [-0.1, -0.05) is 6.92 Å². The van der Waals surface area contributed by atoms with Crippen molar-refractivity contribution in [3.63, 3.8) is 0 Å². The summed E-state index contributed by atoms with van der Waals surface area (Å²) in [7, 11) is -2.22. The number of sulfonamides is 1. The normalized spacial score (nSPS) is 15.4. The summed E-state index contributed by atoms with van der Waals surface area (Å²) in [6.45, 7) is 1.66. The molecule has 0 spiro atoms. The fourth-order valence-electron chi connectivity index (χ4n) is 1.23. The second-order valence-electron chi connectivity index (χ2n) is 3.35. The topological polar surface area (TPSA) is 99.4 Å². The van der Waals surface area contributed by atoms with Gasteiger partial charge in [-0.25, -0.2) is 13.1 Å². The second-order valence-corrected chi connectivity index (χ2v) is 5.25. The molecular formula is C9H18N2O4S. The molecule has 0 aromatic carbocycles. The predicted octanol–water partition coefficient (Wildman–Crippen LogP) is -0.395. The number of aliphatic hydroxyl groups excluding tert-OH is 1. The van der Waals surface area contributed by atoms with Crippen LogP contribution >= 0.6 is 0 Å². The molecule has 0 rings (SSSR count). The standard InChI is InChI=1S/C9H18N2O4S/c1-3-9(6-10)16(13,14)11-8(4-5-12)7-15-2/h8-9,11-12H,3-5,7H2,1-2H3. The van der Waals surface area contributed by atoms with Crippen LogP contribution in [0.5, 0.6) is 0 Å². The third-order valence-electron chi connectivity index (χ3n) is 2.07. The zero-order valence-electron chi connectivity index (χ0n) is 9.51. The minimum Gasteiger partial charge on any atom is -0.396 e. The highest BCUT2D eigenvalue weighted by atomic mass is 32.2. The van der Waals surface area contributed by atoms with Crippen LogP contribution in [0.25, 0.3) is 0 Å². The Labute approximate surface area is 96.3 Å². The van der Waals surface area contributed by atoms with Crippen molar-refractivity contribution in [2.24, 2.45) is 0 Å². The quantitative estimate of drug-likeness (QED) is 0.611. The van der Waals surface area contributed by atoms with Gasteiger partial charge in [0.15, 0.2) is 5.25 Å².